The van der Waals surface area contributed by atoms with E-state index in [4.69, 9.17) is 18.2 Å². The summed E-state index contributed by atoms with van der Waals surface area (Å²) in [6.07, 6.45) is 0.126. The summed E-state index contributed by atoms with van der Waals surface area (Å²) >= 11 is 7.03. The Balaban J connectivity index is 1.58. The topological polar surface area (TPSA) is 82.9 Å². The predicted octanol–water partition coefficient (Wildman–Crippen LogP) is 5.12. The molecule has 2 aromatic carbocycles. The molecule has 34 heavy (non-hydrogen) atoms. The minimum Gasteiger partial charge on any atom is -0.325 e. The Kier molecular flexibility index (Phi) is 6.71. The lowest BCUT2D eigenvalue weighted by Crippen LogP contribution is -2.55. The molecule has 0 saturated carbocycles. The third-order valence-corrected chi connectivity index (χ3v) is 8.35. The minimum absolute atomic E-state index is 0.0847. The normalized spacial score (nSPS) is 20.0. The molecule has 0 bridgehead atoms. The summed E-state index contributed by atoms with van der Waals surface area (Å²) in [5.74, 6) is -1.87. The van der Waals surface area contributed by atoms with Crippen LogP contribution in [0.2, 0.25) is 5.02 Å². The summed E-state index contributed by atoms with van der Waals surface area (Å²) in [4.78, 5) is 16.7. The molecule has 1 amide bonds. The van der Waals surface area contributed by atoms with Crippen LogP contribution in [0.1, 0.15) is 17.3 Å². The minimum atomic E-state index is -3.98. The maximum atomic E-state index is 14.0. The van der Waals surface area contributed by atoms with E-state index in [1.54, 1.807) is 17.5 Å². The number of hydrogen-bond donors (Lipinski definition) is 2. The van der Waals surface area contributed by atoms with Crippen LogP contribution in [0.15, 0.2) is 47.8 Å². The number of nitrogens with one attached hydrogen (secondary N) is 2. The second kappa shape index (κ2) is 9.40. The number of amides is 1. The van der Waals surface area contributed by atoms with Gasteiger partial charge in [0, 0.05) is 17.6 Å². The van der Waals surface area contributed by atoms with Crippen molar-refractivity contribution in [2.75, 3.05) is 12.4 Å². The molecule has 12 heteroatoms. The van der Waals surface area contributed by atoms with E-state index >= 15 is 0 Å². The van der Waals surface area contributed by atoms with Gasteiger partial charge < -0.3 is 5.32 Å². The first-order valence-electron chi connectivity index (χ1n) is 9.86. The van der Waals surface area contributed by atoms with Crippen LogP contribution in [0.5, 0.6) is 0 Å². The number of thiophene rings is 1. The standard InChI is InChI=1S/C22H17ClF2N4O3S2/c1-26-18-6-3-12(7-17(18)25)13-8-21(33-11-13)19-10-20(29(2)34(31,32)28-19)22(30)27-14-4-5-16(24)15(23)9-14/h3-9,11,19-20,28H,10H2,2H3,(H,27,30). The molecule has 1 aliphatic heterocycles. The molecule has 2 unspecified atom stereocenters. The number of hydrogen-bond acceptors (Lipinski definition) is 4. The lowest BCUT2D eigenvalue weighted by Gasteiger charge is -2.35. The summed E-state index contributed by atoms with van der Waals surface area (Å²) in [6.45, 7) is 6.96. The van der Waals surface area contributed by atoms with Gasteiger partial charge in [-0.3, -0.25) is 4.79 Å². The first kappa shape index (κ1) is 24.3. The van der Waals surface area contributed by atoms with Crippen LogP contribution in [0.25, 0.3) is 16.0 Å². The molecule has 2 N–H and O–H groups in total. The summed E-state index contributed by atoms with van der Waals surface area (Å²) in [6, 6.07) is 7.92. The van der Waals surface area contributed by atoms with Crippen LogP contribution in [0, 0.1) is 18.2 Å². The second-order valence-corrected chi connectivity index (χ2v) is 10.7. The van der Waals surface area contributed by atoms with Crippen LogP contribution in [-0.4, -0.2) is 31.7 Å². The molecular weight excluding hydrogens is 506 g/mol. The predicted molar refractivity (Wildman–Crippen MR) is 127 cm³/mol. The third-order valence-electron chi connectivity index (χ3n) is 5.42. The van der Waals surface area contributed by atoms with Gasteiger partial charge in [0.15, 0.2) is 0 Å². The van der Waals surface area contributed by atoms with E-state index < -0.39 is 39.8 Å². The zero-order chi connectivity index (χ0) is 24.6. The van der Waals surface area contributed by atoms with Crippen molar-refractivity contribution in [3.63, 3.8) is 0 Å². The highest BCUT2D eigenvalue weighted by molar-refractivity contribution is 7.87. The number of carbonyl (C=O) groups excluding carboxylic acids is 1. The number of nitrogens with zero attached hydrogens (tertiary/aromatic N) is 2. The van der Waals surface area contributed by atoms with Gasteiger partial charge in [0.1, 0.15) is 17.7 Å². The van der Waals surface area contributed by atoms with E-state index in [0.29, 0.717) is 16.0 Å². The molecule has 0 aliphatic carbocycles. The number of rotatable bonds is 4. The highest BCUT2D eigenvalue weighted by Crippen LogP contribution is 2.36. The fraction of sp³-hybridized carbons (Fsp3) is 0.182. The number of likely N-dealkylation sites (N-methyl/N-ethyl adjacent to an activating group) is 1. The van der Waals surface area contributed by atoms with Crippen molar-refractivity contribution in [2.24, 2.45) is 0 Å². The molecule has 3 aromatic rings. The van der Waals surface area contributed by atoms with E-state index in [2.05, 4.69) is 14.9 Å². The van der Waals surface area contributed by atoms with Gasteiger partial charge in [0.05, 0.1) is 17.6 Å². The zero-order valence-electron chi connectivity index (χ0n) is 17.6. The summed E-state index contributed by atoms with van der Waals surface area (Å²) in [7, 11) is -2.69. The second-order valence-electron chi connectivity index (χ2n) is 7.58. The van der Waals surface area contributed by atoms with Crippen molar-refractivity contribution in [2.45, 2.75) is 18.5 Å². The van der Waals surface area contributed by atoms with Gasteiger partial charge in [0.25, 0.3) is 10.2 Å². The van der Waals surface area contributed by atoms with Gasteiger partial charge in [-0.25, -0.2) is 13.6 Å². The first-order valence-corrected chi connectivity index (χ1v) is 12.6. The summed E-state index contributed by atoms with van der Waals surface area (Å²) < 4.78 is 56.4. The first-order chi connectivity index (χ1) is 16.1. The molecule has 1 fully saturated rings. The van der Waals surface area contributed by atoms with Gasteiger partial charge >= 0.3 is 0 Å². The molecule has 0 spiro atoms. The smallest absolute Gasteiger partial charge is 0.280 e. The largest absolute Gasteiger partial charge is 0.325 e. The molecule has 0 radical (unpaired) electrons. The Morgan fingerprint density at radius 1 is 1.21 bits per heavy atom. The summed E-state index contributed by atoms with van der Waals surface area (Å²) in [5.41, 5.74) is 1.36. The number of anilines is 1. The highest BCUT2D eigenvalue weighted by atomic mass is 35.5. The van der Waals surface area contributed by atoms with Crippen molar-refractivity contribution in [3.05, 3.63) is 80.8 Å². The lowest BCUT2D eigenvalue weighted by molar-refractivity contribution is -0.120. The fourth-order valence-electron chi connectivity index (χ4n) is 3.56. The van der Waals surface area contributed by atoms with Crippen LogP contribution in [0.4, 0.5) is 20.2 Å². The Bertz CT molecular complexity index is 1420. The van der Waals surface area contributed by atoms with Gasteiger partial charge in [0.2, 0.25) is 11.6 Å². The van der Waals surface area contributed by atoms with Crippen molar-refractivity contribution in [3.8, 4) is 11.1 Å². The molecule has 1 aromatic heterocycles. The van der Waals surface area contributed by atoms with E-state index in [9.17, 15) is 22.0 Å². The molecular formula is C22H17ClF2N4O3S2. The molecule has 1 aliphatic rings. The van der Waals surface area contributed by atoms with Crippen molar-refractivity contribution in [1.82, 2.24) is 9.03 Å². The monoisotopic (exact) mass is 522 g/mol. The van der Waals surface area contributed by atoms with E-state index in [1.807, 2.05) is 0 Å². The van der Waals surface area contributed by atoms with Gasteiger partial charge in [-0.15, -0.1) is 11.3 Å². The highest BCUT2D eigenvalue weighted by Gasteiger charge is 2.41. The molecule has 7 nitrogen and oxygen atoms in total. The van der Waals surface area contributed by atoms with Crippen molar-refractivity contribution < 1.29 is 22.0 Å². The fourth-order valence-corrected chi connectivity index (χ4v) is 6.06. The SMILES string of the molecule is [C-]#[N+]c1ccc(-c2csc(C3CC(C(=O)Nc4ccc(F)c(Cl)c4)N(C)S(=O)(=O)N3)c2)cc1F. The van der Waals surface area contributed by atoms with Crippen molar-refractivity contribution in [1.29, 1.82) is 0 Å². The average molecular weight is 523 g/mol. The van der Waals surface area contributed by atoms with Crippen LogP contribution < -0.4 is 10.0 Å². The zero-order valence-corrected chi connectivity index (χ0v) is 19.9. The maximum Gasteiger partial charge on any atom is 0.280 e. The lowest BCUT2D eigenvalue weighted by atomic mass is 10.0. The van der Waals surface area contributed by atoms with Crippen LogP contribution >= 0.6 is 22.9 Å². The van der Waals surface area contributed by atoms with Gasteiger partial charge in [-0.05, 0) is 53.3 Å². The molecule has 4 rings (SSSR count). The number of carbonyl (C=O) groups is 1. The quantitative estimate of drug-likeness (QED) is 0.467. The van der Waals surface area contributed by atoms with E-state index in [-0.39, 0.29) is 22.8 Å². The Morgan fingerprint density at radius 2 is 1.97 bits per heavy atom. The third kappa shape index (κ3) is 4.82. The molecule has 2 heterocycles. The molecule has 176 valence electrons. The van der Waals surface area contributed by atoms with Gasteiger partial charge in [-0.1, -0.05) is 23.7 Å². The van der Waals surface area contributed by atoms with E-state index in [0.717, 1.165) is 10.4 Å². The molecule has 1 saturated heterocycles. The average Bonchev–Trinajstić information content (AvgIpc) is 3.28. The maximum absolute atomic E-state index is 14.0. The Morgan fingerprint density at radius 3 is 2.65 bits per heavy atom. The Hall–Kier alpha value is -2.88. The van der Waals surface area contributed by atoms with Crippen molar-refractivity contribution >= 4 is 50.4 Å². The number of benzene rings is 2. The van der Waals surface area contributed by atoms with Crippen LogP contribution in [0.3, 0.4) is 0 Å². The van der Waals surface area contributed by atoms with E-state index in [1.165, 1.54) is 42.6 Å². The Labute approximate surface area is 204 Å². The van der Waals surface area contributed by atoms with Crippen LogP contribution in [-0.2, 0) is 15.0 Å². The van der Waals surface area contributed by atoms with Gasteiger partial charge in [-0.2, -0.15) is 17.4 Å². The summed E-state index contributed by atoms with van der Waals surface area (Å²) in [5, 5.41) is 4.16. The molecule has 2 atom stereocenters. The number of halogens is 3.